The molecule has 0 atom stereocenters. The fourth-order valence-corrected chi connectivity index (χ4v) is 2.55. The lowest BCUT2D eigenvalue weighted by molar-refractivity contribution is 0.121. The average Bonchev–Trinajstić information content (AvgIpc) is 2.58. The molecular weight excluding hydrogens is 280 g/mol. The van der Waals surface area contributed by atoms with E-state index in [4.69, 9.17) is 4.74 Å². The normalized spacial score (nSPS) is 15.0. The number of anilines is 1. The fourth-order valence-electron chi connectivity index (χ4n) is 2.55. The summed E-state index contributed by atoms with van der Waals surface area (Å²) in [7, 11) is 0. The van der Waals surface area contributed by atoms with E-state index in [1.54, 1.807) is 23.0 Å². The highest BCUT2D eigenvalue weighted by molar-refractivity contribution is 5.34. The monoisotopic (exact) mass is 300 g/mol. The maximum atomic E-state index is 12.5. The quantitative estimate of drug-likeness (QED) is 0.846. The maximum absolute atomic E-state index is 12.5. The topological polar surface area (TPSA) is 60.2 Å². The van der Waals surface area contributed by atoms with Gasteiger partial charge in [0, 0.05) is 37.2 Å². The van der Waals surface area contributed by atoms with Crippen molar-refractivity contribution in [3.63, 3.8) is 0 Å². The molecule has 6 heteroatoms. The van der Waals surface area contributed by atoms with Crippen molar-refractivity contribution in [1.29, 1.82) is 0 Å². The number of morpholine rings is 1. The van der Waals surface area contributed by atoms with Crippen LogP contribution in [-0.2, 0) is 17.7 Å². The lowest BCUT2D eigenvalue weighted by Gasteiger charge is -2.30. The third-order valence-electron chi connectivity index (χ3n) is 3.76. The Balaban J connectivity index is 2.01. The fraction of sp³-hybridized carbons (Fsp3) is 0.438. The molecule has 1 fully saturated rings. The molecule has 6 nitrogen and oxygen atoms in total. The minimum Gasteiger partial charge on any atom is -0.378 e. The Hall–Kier alpha value is -2.21. The van der Waals surface area contributed by atoms with E-state index in [9.17, 15) is 4.79 Å². The molecule has 0 spiro atoms. The first-order valence-corrected chi connectivity index (χ1v) is 7.60. The highest BCUT2D eigenvalue weighted by Crippen LogP contribution is 2.14. The van der Waals surface area contributed by atoms with Crippen LogP contribution in [0.4, 0.5) is 5.95 Å². The minimum atomic E-state index is -0.0165. The van der Waals surface area contributed by atoms with Gasteiger partial charge in [-0.1, -0.05) is 13.0 Å². The molecule has 1 aliphatic heterocycles. The number of rotatable bonds is 4. The van der Waals surface area contributed by atoms with Crippen LogP contribution in [0.2, 0.25) is 0 Å². The van der Waals surface area contributed by atoms with Gasteiger partial charge in [0.1, 0.15) is 0 Å². The summed E-state index contributed by atoms with van der Waals surface area (Å²) in [5.74, 6) is 0.733. The molecule has 0 saturated carbocycles. The van der Waals surface area contributed by atoms with Crippen molar-refractivity contribution in [3.8, 4) is 0 Å². The van der Waals surface area contributed by atoms with Crippen LogP contribution in [0.5, 0.6) is 0 Å². The summed E-state index contributed by atoms with van der Waals surface area (Å²) in [5.41, 5.74) is 1.80. The van der Waals surface area contributed by atoms with Crippen LogP contribution in [0, 0.1) is 0 Å². The van der Waals surface area contributed by atoms with Gasteiger partial charge in [0.2, 0.25) is 5.95 Å². The predicted molar refractivity (Wildman–Crippen MR) is 84.2 cm³/mol. The van der Waals surface area contributed by atoms with E-state index in [1.165, 1.54) is 0 Å². The molecule has 0 bridgehead atoms. The van der Waals surface area contributed by atoms with E-state index < -0.39 is 0 Å². The molecule has 0 radical (unpaired) electrons. The zero-order chi connectivity index (χ0) is 15.4. The van der Waals surface area contributed by atoms with Crippen LogP contribution in [0.25, 0.3) is 0 Å². The molecule has 22 heavy (non-hydrogen) atoms. The van der Waals surface area contributed by atoms with E-state index in [0.717, 1.165) is 36.7 Å². The number of nitrogens with zero attached hydrogens (tertiary/aromatic N) is 4. The summed E-state index contributed by atoms with van der Waals surface area (Å²) in [6.45, 7) is 5.34. The van der Waals surface area contributed by atoms with Gasteiger partial charge in [-0.25, -0.2) is 4.98 Å². The van der Waals surface area contributed by atoms with Gasteiger partial charge >= 0.3 is 0 Å². The van der Waals surface area contributed by atoms with Crippen molar-refractivity contribution >= 4 is 5.95 Å². The number of pyridine rings is 1. The summed E-state index contributed by atoms with van der Waals surface area (Å²) in [4.78, 5) is 23.4. The van der Waals surface area contributed by atoms with Crippen molar-refractivity contribution in [2.75, 3.05) is 31.2 Å². The minimum absolute atomic E-state index is 0.0165. The summed E-state index contributed by atoms with van der Waals surface area (Å²) in [6, 6.07) is 5.47. The van der Waals surface area contributed by atoms with Crippen molar-refractivity contribution in [2.45, 2.75) is 19.9 Å². The molecule has 0 aromatic carbocycles. The summed E-state index contributed by atoms with van der Waals surface area (Å²) in [6.07, 6.45) is 4.26. The lowest BCUT2D eigenvalue weighted by Crippen LogP contribution is -2.41. The first-order valence-electron chi connectivity index (χ1n) is 7.60. The van der Waals surface area contributed by atoms with Gasteiger partial charge in [0.05, 0.1) is 19.8 Å². The highest BCUT2D eigenvalue weighted by atomic mass is 16.5. The second-order valence-corrected chi connectivity index (χ2v) is 5.29. The Bertz CT molecular complexity index is 678. The van der Waals surface area contributed by atoms with Gasteiger partial charge in [-0.2, -0.15) is 0 Å². The van der Waals surface area contributed by atoms with E-state index in [1.807, 2.05) is 19.1 Å². The molecule has 116 valence electrons. The average molecular weight is 300 g/mol. The first-order chi connectivity index (χ1) is 10.8. The number of hydrogen-bond donors (Lipinski definition) is 0. The third-order valence-corrected chi connectivity index (χ3v) is 3.76. The van der Waals surface area contributed by atoms with Crippen LogP contribution in [0.3, 0.4) is 0 Å². The summed E-state index contributed by atoms with van der Waals surface area (Å²) < 4.78 is 7.12. The number of aromatic nitrogens is 3. The number of ether oxygens (including phenoxy) is 1. The summed E-state index contributed by atoms with van der Waals surface area (Å²) in [5, 5.41) is 0. The van der Waals surface area contributed by atoms with Gasteiger partial charge < -0.3 is 9.64 Å². The summed E-state index contributed by atoms with van der Waals surface area (Å²) >= 11 is 0. The Morgan fingerprint density at radius 3 is 2.82 bits per heavy atom. The SMILES string of the molecule is CCc1cc(=O)n(Cc2cccnc2)c(N2CCOCC2)n1. The zero-order valence-corrected chi connectivity index (χ0v) is 12.7. The first kappa shape index (κ1) is 14.7. The maximum Gasteiger partial charge on any atom is 0.255 e. The molecule has 3 heterocycles. The largest absolute Gasteiger partial charge is 0.378 e. The van der Waals surface area contributed by atoms with Gasteiger partial charge in [-0.05, 0) is 18.1 Å². The van der Waals surface area contributed by atoms with Gasteiger partial charge in [0.15, 0.2) is 0 Å². The molecule has 0 unspecified atom stereocenters. The molecule has 1 aliphatic rings. The molecule has 0 aliphatic carbocycles. The predicted octanol–water partition coefficient (Wildman–Crippen LogP) is 1.09. The lowest BCUT2D eigenvalue weighted by atomic mass is 10.2. The van der Waals surface area contributed by atoms with Crippen molar-refractivity contribution < 1.29 is 4.74 Å². The number of aryl methyl sites for hydroxylation is 1. The van der Waals surface area contributed by atoms with Crippen LogP contribution >= 0.6 is 0 Å². The molecule has 2 aromatic rings. The van der Waals surface area contributed by atoms with Crippen molar-refractivity contribution in [1.82, 2.24) is 14.5 Å². The molecule has 1 saturated heterocycles. The Kier molecular flexibility index (Phi) is 4.48. The Labute approximate surface area is 129 Å². The van der Waals surface area contributed by atoms with E-state index in [0.29, 0.717) is 19.8 Å². The molecule has 2 aromatic heterocycles. The van der Waals surface area contributed by atoms with Crippen LogP contribution < -0.4 is 10.5 Å². The molecule has 0 amide bonds. The zero-order valence-electron chi connectivity index (χ0n) is 12.7. The smallest absolute Gasteiger partial charge is 0.255 e. The van der Waals surface area contributed by atoms with Gasteiger partial charge in [-0.3, -0.25) is 14.3 Å². The standard InChI is InChI=1S/C16H20N4O2/c1-2-14-10-15(21)20(12-13-4-3-5-17-11-13)16(18-14)19-6-8-22-9-7-19/h3-5,10-11H,2,6-9,12H2,1H3. The van der Waals surface area contributed by atoms with E-state index >= 15 is 0 Å². The van der Waals surface area contributed by atoms with Crippen LogP contribution in [0.1, 0.15) is 18.2 Å². The van der Waals surface area contributed by atoms with E-state index in [-0.39, 0.29) is 5.56 Å². The second-order valence-electron chi connectivity index (χ2n) is 5.29. The van der Waals surface area contributed by atoms with Crippen LogP contribution in [0.15, 0.2) is 35.4 Å². The molecule has 0 N–H and O–H groups in total. The molecule has 3 rings (SSSR count). The third kappa shape index (κ3) is 3.17. The molecular formula is C16H20N4O2. The number of hydrogen-bond acceptors (Lipinski definition) is 5. The van der Waals surface area contributed by atoms with Crippen molar-refractivity contribution in [3.05, 3.63) is 52.2 Å². The Morgan fingerprint density at radius 2 is 2.14 bits per heavy atom. The highest BCUT2D eigenvalue weighted by Gasteiger charge is 2.18. The van der Waals surface area contributed by atoms with E-state index in [2.05, 4.69) is 14.9 Å². The van der Waals surface area contributed by atoms with Gasteiger partial charge in [0.25, 0.3) is 5.56 Å². The van der Waals surface area contributed by atoms with Gasteiger partial charge in [-0.15, -0.1) is 0 Å². The van der Waals surface area contributed by atoms with Crippen LogP contribution in [-0.4, -0.2) is 40.8 Å². The van der Waals surface area contributed by atoms with Crippen molar-refractivity contribution in [2.24, 2.45) is 0 Å². The Morgan fingerprint density at radius 1 is 1.32 bits per heavy atom. The second kappa shape index (κ2) is 6.70.